The van der Waals surface area contributed by atoms with Gasteiger partial charge in [-0.25, -0.2) is 0 Å². The zero-order chi connectivity index (χ0) is 13.1. The fourth-order valence-corrected chi connectivity index (χ4v) is 2.32. The van der Waals surface area contributed by atoms with Crippen LogP contribution in [0.4, 0.5) is 0 Å². The molecular weight excluding hydrogens is 222 g/mol. The molecular formula is C15H29N3. The number of aliphatic imine (C=N–C) groups is 1. The Morgan fingerprint density at radius 1 is 1.28 bits per heavy atom. The molecule has 0 bridgehead atoms. The summed E-state index contributed by atoms with van der Waals surface area (Å²) in [7, 11) is 0. The highest BCUT2D eigenvalue weighted by molar-refractivity contribution is 5.62. The summed E-state index contributed by atoms with van der Waals surface area (Å²) in [5, 5.41) is 0. The van der Waals surface area contributed by atoms with Crippen molar-refractivity contribution in [3.63, 3.8) is 0 Å². The molecule has 0 amide bonds. The Kier molecular flexibility index (Phi) is 8.78. The topological polar surface area (TPSA) is 41.6 Å². The van der Waals surface area contributed by atoms with Gasteiger partial charge in [-0.1, -0.05) is 38.3 Å². The van der Waals surface area contributed by atoms with Crippen molar-refractivity contribution in [2.24, 2.45) is 10.7 Å². The summed E-state index contributed by atoms with van der Waals surface area (Å²) in [5.74, 6) is 0. The predicted octanol–water partition coefficient (Wildman–Crippen LogP) is 2.96. The minimum atomic E-state index is 0.373. The lowest BCUT2D eigenvalue weighted by molar-refractivity contribution is 0.247. The van der Waals surface area contributed by atoms with E-state index in [9.17, 15) is 0 Å². The van der Waals surface area contributed by atoms with Crippen molar-refractivity contribution < 1.29 is 0 Å². The van der Waals surface area contributed by atoms with Gasteiger partial charge in [0.2, 0.25) is 0 Å². The highest BCUT2D eigenvalue weighted by Gasteiger charge is 2.18. The zero-order valence-electron chi connectivity index (χ0n) is 11.9. The van der Waals surface area contributed by atoms with Gasteiger partial charge in [-0.2, -0.15) is 0 Å². The third-order valence-corrected chi connectivity index (χ3v) is 3.41. The summed E-state index contributed by atoms with van der Waals surface area (Å²) in [4.78, 5) is 6.86. The van der Waals surface area contributed by atoms with Crippen LogP contribution in [0.25, 0.3) is 0 Å². The monoisotopic (exact) mass is 251 g/mol. The van der Waals surface area contributed by atoms with Gasteiger partial charge in [-0.05, 0) is 25.7 Å². The summed E-state index contributed by atoms with van der Waals surface area (Å²) >= 11 is 0. The summed E-state index contributed by atoms with van der Waals surface area (Å²) in [5.41, 5.74) is 5.59. The molecule has 1 heterocycles. The molecule has 0 saturated carbocycles. The van der Waals surface area contributed by atoms with E-state index in [1.165, 1.54) is 32.1 Å². The normalized spacial score (nSPS) is 20.2. The standard InChI is InChI=1S/C15H29N3/c1-2-3-4-5-6-7-8-9-10-15-17-12-14-18(15)13-11-16/h7-8,12,15H,2-6,9-11,13-14,16H2,1H3/b8-7+. The van der Waals surface area contributed by atoms with Crippen LogP contribution in [0.5, 0.6) is 0 Å². The Morgan fingerprint density at radius 3 is 2.89 bits per heavy atom. The lowest BCUT2D eigenvalue weighted by atomic mass is 10.1. The van der Waals surface area contributed by atoms with E-state index in [0.29, 0.717) is 6.17 Å². The summed E-state index contributed by atoms with van der Waals surface area (Å²) < 4.78 is 0. The smallest absolute Gasteiger partial charge is 0.102 e. The van der Waals surface area contributed by atoms with E-state index in [2.05, 4.69) is 29.0 Å². The van der Waals surface area contributed by atoms with Crippen molar-refractivity contribution >= 4 is 6.21 Å². The highest BCUT2D eigenvalue weighted by atomic mass is 15.3. The van der Waals surface area contributed by atoms with Crippen molar-refractivity contribution in [3.8, 4) is 0 Å². The van der Waals surface area contributed by atoms with Crippen LogP contribution in [-0.2, 0) is 0 Å². The molecule has 0 aromatic carbocycles. The zero-order valence-corrected chi connectivity index (χ0v) is 11.9. The first-order valence-corrected chi connectivity index (χ1v) is 7.49. The van der Waals surface area contributed by atoms with Crippen LogP contribution in [0.15, 0.2) is 17.1 Å². The van der Waals surface area contributed by atoms with Crippen LogP contribution in [0.1, 0.15) is 51.9 Å². The molecule has 0 fully saturated rings. The Labute approximate surface area is 112 Å². The van der Waals surface area contributed by atoms with Crippen molar-refractivity contribution in [2.45, 2.75) is 58.0 Å². The molecule has 0 aromatic rings. The van der Waals surface area contributed by atoms with Crippen LogP contribution < -0.4 is 5.73 Å². The Hall–Kier alpha value is -0.670. The molecule has 18 heavy (non-hydrogen) atoms. The molecule has 104 valence electrons. The number of allylic oxidation sites excluding steroid dienone is 2. The van der Waals surface area contributed by atoms with Gasteiger partial charge in [0.1, 0.15) is 6.17 Å². The minimum Gasteiger partial charge on any atom is -0.329 e. The highest BCUT2D eigenvalue weighted by Crippen LogP contribution is 2.12. The maximum Gasteiger partial charge on any atom is 0.102 e. The first kappa shape index (κ1) is 15.4. The first-order valence-electron chi connectivity index (χ1n) is 7.49. The van der Waals surface area contributed by atoms with E-state index in [0.717, 1.165) is 32.5 Å². The third-order valence-electron chi connectivity index (χ3n) is 3.41. The molecule has 2 N–H and O–H groups in total. The van der Waals surface area contributed by atoms with E-state index >= 15 is 0 Å². The lowest BCUT2D eigenvalue weighted by Gasteiger charge is -2.21. The second-order valence-electron chi connectivity index (χ2n) is 4.99. The quantitative estimate of drug-likeness (QED) is 0.479. The van der Waals surface area contributed by atoms with Crippen molar-refractivity contribution in [1.29, 1.82) is 0 Å². The van der Waals surface area contributed by atoms with Crippen LogP contribution in [0.2, 0.25) is 0 Å². The largest absolute Gasteiger partial charge is 0.329 e. The molecule has 1 rings (SSSR count). The maximum absolute atomic E-state index is 5.59. The van der Waals surface area contributed by atoms with Gasteiger partial charge < -0.3 is 5.73 Å². The van der Waals surface area contributed by atoms with E-state index < -0.39 is 0 Å². The molecule has 1 atom stereocenters. The summed E-state index contributed by atoms with van der Waals surface area (Å²) in [6, 6.07) is 0. The van der Waals surface area contributed by atoms with Gasteiger partial charge in [-0.3, -0.25) is 9.89 Å². The molecule has 1 aliphatic heterocycles. The van der Waals surface area contributed by atoms with E-state index in [4.69, 9.17) is 5.73 Å². The lowest BCUT2D eigenvalue weighted by Crippen LogP contribution is -2.34. The Balaban J connectivity index is 2.02. The Morgan fingerprint density at radius 2 is 2.11 bits per heavy atom. The molecule has 3 heteroatoms. The number of rotatable bonds is 10. The number of hydrogen-bond acceptors (Lipinski definition) is 3. The average Bonchev–Trinajstić information content (AvgIpc) is 2.81. The number of nitrogens with two attached hydrogens (primary N) is 1. The second-order valence-corrected chi connectivity index (χ2v) is 4.99. The van der Waals surface area contributed by atoms with Crippen molar-refractivity contribution in [3.05, 3.63) is 12.2 Å². The van der Waals surface area contributed by atoms with E-state index in [-0.39, 0.29) is 0 Å². The van der Waals surface area contributed by atoms with Gasteiger partial charge in [-0.15, -0.1) is 0 Å². The maximum atomic E-state index is 5.59. The summed E-state index contributed by atoms with van der Waals surface area (Å²) in [6.07, 6.45) is 16.0. The minimum absolute atomic E-state index is 0.373. The first-order chi connectivity index (χ1) is 8.88. The molecule has 1 aliphatic rings. The molecule has 0 spiro atoms. The predicted molar refractivity (Wildman–Crippen MR) is 80.0 cm³/mol. The van der Waals surface area contributed by atoms with Crippen molar-refractivity contribution in [1.82, 2.24) is 4.90 Å². The van der Waals surface area contributed by atoms with E-state index in [1.54, 1.807) is 0 Å². The SMILES string of the molecule is CCCCCC/C=C/CCC1N=CCN1CCN. The molecule has 1 unspecified atom stereocenters. The van der Waals surface area contributed by atoms with Crippen LogP contribution >= 0.6 is 0 Å². The second kappa shape index (κ2) is 10.3. The van der Waals surface area contributed by atoms with Gasteiger partial charge >= 0.3 is 0 Å². The van der Waals surface area contributed by atoms with Gasteiger partial charge in [0.15, 0.2) is 0 Å². The fraction of sp³-hybridized carbons (Fsp3) is 0.800. The third kappa shape index (κ3) is 6.31. The van der Waals surface area contributed by atoms with Gasteiger partial charge in [0.25, 0.3) is 0 Å². The van der Waals surface area contributed by atoms with Crippen LogP contribution in [-0.4, -0.2) is 36.9 Å². The summed E-state index contributed by atoms with van der Waals surface area (Å²) in [6.45, 7) is 4.92. The number of hydrogen-bond donors (Lipinski definition) is 1. The number of nitrogens with zero attached hydrogens (tertiary/aromatic N) is 2. The Bertz CT molecular complexity index is 248. The van der Waals surface area contributed by atoms with E-state index in [1.807, 2.05) is 6.21 Å². The molecule has 0 saturated heterocycles. The number of unbranched alkanes of at least 4 members (excludes halogenated alkanes) is 4. The average molecular weight is 251 g/mol. The fourth-order valence-electron chi connectivity index (χ4n) is 2.32. The molecule has 0 aromatic heterocycles. The van der Waals surface area contributed by atoms with Gasteiger partial charge in [0, 0.05) is 25.8 Å². The molecule has 3 nitrogen and oxygen atoms in total. The molecule has 0 aliphatic carbocycles. The van der Waals surface area contributed by atoms with Crippen molar-refractivity contribution in [2.75, 3.05) is 19.6 Å². The van der Waals surface area contributed by atoms with Crippen LogP contribution in [0.3, 0.4) is 0 Å². The van der Waals surface area contributed by atoms with Crippen LogP contribution in [0, 0.1) is 0 Å². The molecule has 0 radical (unpaired) electrons. The van der Waals surface area contributed by atoms with Gasteiger partial charge in [0.05, 0.1) is 0 Å².